The monoisotopic (exact) mass is 1180 g/mol. The predicted octanol–water partition coefficient (Wildman–Crippen LogP) is 4.66. The van der Waals surface area contributed by atoms with Gasteiger partial charge < -0.3 is 62.9 Å². The molecule has 4 aliphatic heterocycles. The number of carbonyl (C=O) groups excluding carboxylic acids is 2. The third-order valence-corrected chi connectivity index (χ3v) is 16.3. The average molecular weight is 1180 g/mol. The number of para-hydroxylation sites is 2. The van der Waals surface area contributed by atoms with Crippen molar-refractivity contribution in [2.45, 2.75) is 135 Å². The Balaban J connectivity index is 0.000000198. The Labute approximate surface area is 470 Å². The van der Waals surface area contributed by atoms with E-state index in [4.69, 9.17) is 61.7 Å². The molecular weight excluding hydrogens is 1120 g/mol. The molecule has 0 spiro atoms. The molecule has 0 saturated carbocycles. The summed E-state index contributed by atoms with van der Waals surface area (Å²) in [6.45, 7) is 15.0. The van der Waals surface area contributed by atoms with Crippen LogP contribution in [0.15, 0.2) is 73.3 Å². The zero-order chi connectivity index (χ0) is 58.7. The first-order chi connectivity index (χ1) is 39.1. The molecule has 4 aromatic heterocycles. The lowest BCUT2D eigenvalue weighted by molar-refractivity contribution is -0.183. The summed E-state index contributed by atoms with van der Waals surface area (Å²) in [6.07, 6.45) is -3.40. The summed E-state index contributed by atoms with van der Waals surface area (Å²) in [5.41, 5.74) is 4.64. The zero-order valence-electron chi connectivity index (χ0n) is 46.4. The molecule has 4 aliphatic rings. The van der Waals surface area contributed by atoms with E-state index in [2.05, 4.69) is 40.1 Å². The molecule has 4 saturated heterocycles. The second kappa shape index (κ2) is 24.8. The Kier molecular flexibility index (Phi) is 18.2. The molecule has 10 rings (SSSR count). The molecule has 6 N–H and O–H groups in total. The van der Waals surface area contributed by atoms with Crippen LogP contribution in [0.3, 0.4) is 0 Å². The Morgan fingerprint density at radius 3 is 1.50 bits per heavy atom. The van der Waals surface area contributed by atoms with Crippen LogP contribution in [0.25, 0.3) is 22.3 Å². The van der Waals surface area contributed by atoms with Gasteiger partial charge in [0, 0.05) is 0 Å². The number of aryl methyl sites for hydroxylation is 1. The van der Waals surface area contributed by atoms with Gasteiger partial charge >= 0.3 is 27.4 Å². The molecule has 0 aliphatic carbocycles. The minimum Gasteiger partial charge on any atom is -0.476 e. The molecule has 0 radical (unpaired) electrons. The number of imidazole rings is 2. The number of nitrogens with one attached hydrogen (secondary N) is 2. The van der Waals surface area contributed by atoms with Crippen molar-refractivity contribution in [1.82, 2.24) is 49.2 Å². The summed E-state index contributed by atoms with van der Waals surface area (Å²) >= 11 is 0. The summed E-state index contributed by atoms with van der Waals surface area (Å²) in [5, 5.41) is 27.7. The van der Waals surface area contributed by atoms with Crippen molar-refractivity contribution >= 4 is 55.7 Å². The topological polar surface area (TPSA) is 357 Å². The van der Waals surface area contributed by atoms with Gasteiger partial charge in [0.25, 0.3) is 0 Å². The highest BCUT2D eigenvalue weighted by molar-refractivity contribution is 7.52. The van der Waals surface area contributed by atoms with Gasteiger partial charge in [0.05, 0.1) is 64.5 Å². The smallest absolute Gasteiger partial charge is 0.459 e. The van der Waals surface area contributed by atoms with Crippen LogP contribution < -0.4 is 34.4 Å². The van der Waals surface area contributed by atoms with Crippen LogP contribution >= 0.6 is 15.5 Å². The molecule has 31 heteroatoms. The number of aromatic nitrogens is 8. The molecule has 6 aromatic rings. The fourth-order valence-electron chi connectivity index (χ4n) is 9.28. The number of carbonyl (C=O) groups is 2. The van der Waals surface area contributed by atoms with Crippen molar-refractivity contribution in [2.75, 3.05) is 45.4 Å². The van der Waals surface area contributed by atoms with Crippen LogP contribution in [0.1, 0.15) is 73.7 Å². The van der Waals surface area contributed by atoms with Gasteiger partial charge in [-0.25, -0.2) is 24.1 Å². The number of aliphatic hydroxyl groups excluding tert-OH is 2. The van der Waals surface area contributed by atoms with Gasteiger partial charge in [0.1, 0.15) is 65.0 Å². The number of nitrogen functional groups attached to an aromatic ring is 1. The molecular formula is C51H67N11O18P2. The van der Waals surface area contributed by atoms with Crippen molar-refractivity contribution in [3.8, 4) is 23.3 Å². The summed E-state index contributed by atoms with van der Waals surface area (Å²) < 4.78 is 100. The summed E-state index contributed by atoms with van der Waals surface area (Å²) in [5.74, 6) is 0.223. The number of benzene rings is 2. The Morgan fingerprint density at radius 2 is 1.09 bits per heavy atom. The number of rotatable bonds is 24. The number of ether oxygens (including phenoxy) is 8. The fourth-order valence-corrected chi connectivity index (χ4v) is 12.4. The van der Waals surface area contributed by atoms with Gasteiger partial charge in [-0.15, -0.1) is 0 Å². The highest BCUT2D eigenvalue weighted by atomic mass is 31.2. The summed E-state index contributed by atoms with van der Waals surface area (Å²) in [4.78, 5) is 50.8. The SMILES string of the molecule is CCOc1nc(C)nc2c1ncn2C1O[C@@]2(CO[P@@](=O)(N[C@@H](C)C(=O)OC(C)C)Oc3ccccc3)CO[C@@H]1[C@@H]2O.CCOc1nc(N)nc2c1ncn2C1O[C@@]2(CO[P@](=O)(N[C@@H](C)C(=O)OC(C)C)Oc3ccccc3)CO[C@@H]1[C@@H]2O. The molecule has 2 aromatic carbocycles. The van der Waals surface area contributed by atoms with Crippen LogP contribution in [0.5, 0.6) is 23.3 Å². The van der Waals surface area contributed by atoms with Crippen molar-refractivity contribution in [3.63, 3.8) is 0 Å². The van der Waals surface area contributed by atoms with E-state index in [0.29, 0.717) is 47.2 Å². The Bertz CT molecular complexity index is 3090. The van der Waals surface area contributed by atoms with E-state index in [9.17, 15) is 28.9 Å². The number of aliphatic hydroxyl groups is 2. The highest BCUT2D eigenvalue weighted by Gasteiger charge is 2.64. The lowest BCUT2D eigenvalue weighted by atomic mass is 10.0. The zero-order valence-corrected chi connectivity index (χ0v) is 48.2. The normalized spacial score (nSPS) is 25.8. The Hall–Kier alpha value is -6.46. The van der Waals surface area contributed by atoms with E-state index in [1.807, 2.05) is 6.92 Å². The molecule has 29 nitrogen and oxygen atoms in total. The van der Waals surface area contributed by atoms with Crippen LogP contribution in [0.4, 0.5) is 5.95 Å². The highest BCUT2D eigenvalue weighted by Crippen LogP contribution is 2.53. The second-order valence-corrected chi connectivity index (χ2v) is 23.5. The quantitative estimate of drug-likeness (QED) is 0.0406. The van der Waals surface area contributed by atoms with E-state index < -0.39 is 94.2 Å². The largest absolute Gasteiger partial charge is 0.476 e. The maximum atomic E-state index is 14.0. The number of hydrogen-bond donors (Lipinski definition) is 5. The van der Waals surface area contributed by atoms with Gasteiger partial charge in [-0.05, 0) is 86.6 Å². The minimum absolute atomic E-state index is 0.0273. The molecule has 2 unspecified atom stereocenters. The predicted molar refractivity (Wildman–Crippen MR) is 288 cm³/mol. The third kappa shape index (κ3) is 12.8. The molecule has 4 bridgehead atoms. The van der Waals surface area contributed by atoms with Crippen LogP contribution in [-0.4, -0.2) is 161 Å². The maximum absolute atomic E-state index is 14.0. The van der Waals surface area contributed by atoms with Gasteiger partial charge in [0.15, 0.2) is 34.8 Å². The third-order valence-electron chi connectivity index (χ3n) is 13.0. The van der Waals surface area contributed by atoms with E-state index >= 15 is 0 Å². The molecule has 12 atom stereocenters. The van der Waals surface area contributed by atoms with Crippen LogP contribution in [-0.2, 0) is 56.2 Å². The molecule has 4 fully saturated rings. The molecule has 82 heavy (non-hydrogen) atoms. The van der Waals surface area contributed by atoms with Crippen LogP contribution in [0.2, 0.25) is 0 Å². The van der Waals surface area contributed by atoms with E-state index in [1.54, 1.807) is 111 Å². The van der Waals surface area contributed by atoms with E-state index in [0.717, 1.165) is 0 Å². The molecule has 8 heterocycles. The molecule has 0 amide bonds. The summed E-state index contributed by atoms with van der Waals surface area (Å²) in [6, 6.07) is 14.7. The number of nitrogens with two attached hydrogens (primary N) is 1. The standard InChI is InChI=1S/C26H34N5O9P.C25H33N6O9P/c1-6-35-23-19-22(28-17(5)29-23)31(14-27-19)24-20-21(32)26(39-24,12-36-20)13-37-41(34,40-18-10-8-7-9-11-18)30-16(4)25(33)38-15(2)3;1-5-35-21-17-20(28-24(26)29-21)31(13-27-17)22-18-19(32)25(39-22,11-36-18)12-37-41(34,40-16-9-7-6-8-10-16)30-15(4)23(33)38-14(2)3/h7-11,14-16,20-21,24,32H,6,12-13H2,1-5H3,(H,30,34);6-10,13-15,18-19,22,32H,5,11-12H2,1-4H3,(H,30,34)(H2,26,28,29)/t16-,20+,21-,24?,26+,41-;15-,18+,19-,22?,25+,41+/m00/s1. The van der Waals surface area contributed by atoms with Gasteiger partial charge in [-0.3, -0.25) is 27.8 Å². The van der Waals surface area contributed by atoms with Gasteiger partial charge in [-0.2, -0.15) is 25.1 Å². The summed E-state index contributed by atoms with van der Waals surface area (Å²) in [7, 11) is -8.43. The van der Waals surface area contributed by atoms with E-state index in [-0.39, 0.29) is 55.4 Å². The maximum Gasteiger partial charge on any atom is 0.459 e. The fraction of sp³-hybridized carbons (Fsp3) is 0.529. The minimum atomic E-state index is -4.22. The first-order valence-corrected chi connectivity index (χ1v) is 29.5. The number of nitrogens with zero attached hydrogens (tertiary/aromatic N) is 8. The lowest BCUT2D eigenvalue weighted by Gasteiger charge is -2.32. The van der Waals surface area contributed by atoms with Crippen molar-refractivity contribution < 1.29 is 84.9 Å². The first-order valence-electron chi connectivity index (χ1n) is 26.4. The van der Waals surface area contributed by atoms with Crippen molar-refractivity contribution in [2.24, 2.45) is 0 Å². The average Bonchev–Trinajstić information content (AvgIpc) is 4.39. The number of esters is 2. The first kappa shape index (κ1) is 60.1. The lowest BCUT2D eigenvalue weighted by Crippen LogP contribution is -2.46. The number of anilines is 1. The van der Waals surface area contributed by atoms with Crippen molar-refractivity contribution in [1.29, 1.82) is 0 Å². The van der Waals surface area contributed by atoms with Gasteiger partial charge in [0.2, 0.25) is 17.7 Å². The van der Waals surface area contributed by atoms with E-state index in [1.165, 1.54) is 26.5 Å². The number of hydrogen-bond acceptors (Lipinski definition) is 25. The molecule has 444 valence electrons. The van der Waals surface area contributed by atoms with Crippen molar-refractivity contribution in [3.05, 3.63) is 79.1 Å². The van der Waals surface area contributed by atoms with Crippen LogP contribution in [0, 0.1) is 6.92 Å². The number of fused-ring (bicyclic) bond motifs is 6. The van der Waals surface area contributed by atoms with Gasteiger partial charge in [-0.1, -0.05) is 36.4 Å². The Morgan fingerprint density at radius 1 is 0.671 bits per heavy atom. The second-order valence-electron chi connectivity index (χ2n) is 20.1.